The average Bonchev–Trinajstić information content (AvgIpc) is 3.17. The van der Waals surface area contributed by atoms with Gasteiger partial charge in [-0.05, 0) is 57.4 Å². The van der Waals surface area contributed by atoms with Gasteiger partial charge in [-0.25, -0.2) is 4.79 Å². The molecule has 1 aliphatic rings. The highest BCUT2D eigenvalue weighted by molar-refractivity contribution is 6.01. The van der Waals surface area contributed by atoms with E-state index in [1.165, 1.54) is 19.3 Å². The zero-order valence-corrected chi connectivity index (χ0v) is 17.1. The van der Waals surface area contributed by atoms with Gasteiger partial charge in [0.05, 0.1) is 13.2 Å². The standard InChI is InChI=1S/C21H26N2O6/c1-21(2,3)29-20(25)28-17-8-7-14(11-18(17)26-4)10-15(12-22)19(24)23-13-16-6-5-9-27-16/h7-8,10-11,16H,5-6,9,13H2,1-4H3,(H,23,24)/b15-10+/t16-/m0/s1. The minimum Gasteiger partial charge on any atom is -0.493 e. The summed E-state index contributed by atoms with van der Waals surface area (Å²) in [6, 6.07) is 6.57. The molecule has 0 aromatic heterocycles. The Morgan fingerprint density at radius 2 is 2.10 bits per heavy atom. The third-order valence-corrected chi connectivity index (χ3v) is 3.96. The molecule has 8 nitrogen and oxygen atoms in total. The molecule has 1 saturated heterocycles. The summed E-state index contributed by atoms with van der Waals surface area (Å²) in [6.45, 7) is 6.24. The first-order chi connectivity index (χ1) is 13.7. The molecule has 0 bridgehead atoms. The molecule has 0 spiro atoms. The number of nitrogens with zero attached hydrogens (tertiary/aromatic N) is 1. The average molecular weight is 402 g/mol. The number of nitrogens with one attached hydrogen (secondary N) is 1. The van der Waals surface area contributed by atoms with Gasteiger partial charge in [-0.15, -0.1) is 0 Å². The maximum absolute atomic E-state index is 12.3. The molecule has 1 aromatic carbocycles. The number of ether oxygens (including phenoxy) is 4. The number of nitriles is 1. The molecule has 0 unspecified atom stereocenters. The van der Waals surface area contributed by atoms with Gasteiger partial charge < -0.3 is 24.3 Å². The first kappa shape index (κ1) is 22.2. The van der Waals surface area contributed by atoms with Crippen LogP contribution in [0.5, 0.6) is 11.5 Å². The molecule has 1 atom stereocenters. The summed E-state index contributed by atoms with van der Waals surface area (Å²) in [6.07, 6.45) is 2.43. The first-order valence-electron chi connectivity index (χ1n) is 9.32. The van der Waals surface area contributed by atoms with Crippen LogP contribution in [0.2, 0.25) is 0 Å². The van der Waals surface area contributed by atoms with E-state index in [0.29, 0.717) is 18.7 Å². The Morgan fingerprint density at radius 3 is 2.69 bits per heavy atom. The van der Waals surface area contributed by atoms with Crippen molar-refractivity contribution in [3.05, 3.63) is 29.3 Å². The van der Waals surface area contributed by atoms with Gasteiger partial charge in [0.25, 0.3) is 5.91 Å². The lowest BCUT2D eigenvalue weighted by Crippen LogP contribution is -2.32. The Balaban J connectivity index is 2.09. The second-order valence-corrected chi connectivity index (χ2v) is 7.49. The molecule has 1 fully saturated rings. The molecule has 1 amide bonds. The summed E-state index contributed by atoms with van der Waals surface area (Å²) < 4.78 is 21.0. The predicted molar refractivity (Wildman–Crippen MR) is 105 cm³/mol. The van der Waals surface area contributed by atoms with Gasteiger partial charge in [0.2, 0.25) is 0 Å². The van der Waals surface area contributed by atoms with Gasteiger partial charge in [0.1, 0.15) is 17.2 Å². The van der Waals surface area contributed by atoms with Gasteiger partial charge in [-0.3, -0.25) is 4.79 Å². The Kier molecular flexibility index (Phi) is 7.62. The van der Waals surface area contributed by atoms with Gasteiger partial charge >= 0.3 is 6.16 Å². The van der Waals surface area contributed by atoms with Crippen molar-refractivity contribution in [3.63, 3.8) is 0 Å². The van der Waals surface area contributed by atoms with Crippen molar-refractivity contribution in [2.45, 2.75) is 45.3 Å². The van der Waals surface area contributed by atoms with Crippen molar-refractivity contribution >= 4 is 18.1 Å². The fourth-order valence-electron chi connectivity index (χ4n) is 2.64. The molecule has 1 aliphatic heterocycles. The van der Waals surface area contributed by atoms with E-state index in [-0.39, 0.29) is 23.2 Å². The highest BCUT2D eigenvalue weighted by atomic mass is 16.7. The quantitative estimate of drug-likeness (QED) is 0.337. The Labute approximate surface area is 170 Å². The minimum atomic E-state index is -0.856. The van der Waals surface area contributed by atoms with Crippen LogP contribution in [0.25, 0.3) is 6.08 Å². The number of rotatable bonds is 6. The topological polar surface area (TPSA) is 107 Å². The molecule has 2 rings (SSSR count). The van der Waals surface area contributed by atoms with Crippen LogP contribution in [0.4, 0.5) is 4.79 Å². The van der Waals surface area contributed by atoms with Gasteiger partial charge in [0.15, 0.2) is 11.5 Å². The number of hydrogen-bond donors (Lipinski definition) is 1. The van der Waals surface area contributed by atoms with Crippen molar-refractivity contribution in [1.29, 1.82) is 5.26 Å². The number of methoxy groups -OCH3 is 1. The highest BCUT2D eigenvalue weighted by Crippen LogP contribution is 2.29. The minimum absolute atomic E-state index is 0.0109. The van der Waals surface area contributed by atoms with E-state index in [4.69, 9.17) is 18.9 Å². The van der Waals surface area contributed by atoms with E-state index in [9.17, 15) is 14.9 Å². The monoisotopic (exact) mass is 402 g/mol. The SMILES string of the molecule is COc1cc(/C=C(\C#N)C(=O)NC[C@@H]2CCCO2)ccc1OC(=O)OC(C)(C)C. The zero-order chi connectivity index (χ0) is 21.4. The lowest BCUT2D eigenvalue weighted by Gasteiger charge is -2.19. The van der Waals surface area contributed by atoms with Crippen molar-refractivity contribution in [2.75, 3.05) is 20.3 Å². The first-order valence-corrected chi connectivity index (χ1v) is 9.32. The van der Waals surface area contributed by atoms with Gasteiger partial charge in [0, 0.05) is 13.2 Å². The Bertz CT molecular complexity index is 813. The molecule has 0 saturated carbocycles. The van der Waals surface area contributed by atoms with Crippen LogP contribution in [-0.2, 0) is 14.3 Å². The van der Waals surface area contributed by atoms with Crippen molar-refractivity contribution in [1.82, 2.24) is 5.32 Å². The van der Waals surface area contributed by atoms with Crippen LogP contribution in [0.3, 0.4) is 0 Å². The van der Waals surface area contributed by atoms with E-state index in [1.54, 1.807) is 32.9 Å². The van der Waals surface area contributed by atoms with E-state index >= 15 is 0 Å². The number of carbonyl (C=O) groups is 2. The van der Waals surface area contributed by atoms with Crippen LogP contribution in [0.15, 0.2) is 23.8 Å². The maximum Gasteiger partial charge on any atom is 0.514 e. The molecule has 0 radical (unpaired) electrons. The maximum atomic E-state index is 12.3. The lowest BCUT2D eigenvalue weighted by atomic mass is 10.1. The normalized spacial score (nSPS) is 16.7. The molecule has 1 aromatic rings. The van der Waals surface area contributed by atoms with E-state index in [1.807, 2.05) is 6.07 Å². The van der Waals surface area contributed by atoms with E-state index < -0.39 is 17.7 Å². The summed E-state index contributed by atoms with van der Waals surface area (Å²) >= 11 is 0. The summed E-state index contributed by atoms with van der Waals surface area (Å²) in [4.78, 5) is 24.1. The summed E-state index contributed by atoms with van der Waals surface area (Å²) in [5.74, 6) is -0.0436. The number of amides is 1. The van der Waals surface area contributed by atoms with Gasteiger partial charge in [-0.2, -0.15) is 5.26 Å². The summed E-state index contributed by atoms with van der Waals surface area (Å²) in [5.41, 5.74) is -0.195. The van der Waals surface area contributed by atoms with Crippen LogP contribution < -0.4 is 14.8 Å². The molecule has 29 heavy (non-hydrogen) atoms. The third kappa shape index (κ3) is 7.12. The van der Waals surface area contributed by atoms with Crippen molar-refractivity contribution in [2.24, 2.45) is 0 Å². The van der Waals surface area contributed by atoms with Crippen LogP contribution in [0.1, 0.15) is 39.2 Å². The second-order valence-electron chi connectivity index (χ2n) is 7.49. The molecule has 1 heterocycles. The number of carbonyl (C=O) groups excluding carboxylic acids is 2. The smallest absolute Gasteiger partial charge is 0.493 e. The molecule has 8 heteroatoms. The van der Waals surface area contributed by atoms with Crippen LogP contribution in [-0.4, -0.2) is 44.0 Å². The summed E-state index contributed by atoms with van der Waals surface area (Å²) in [7, 11) is 1.42. The largest absolute Gasteiger partial charge is 0.514 e. The molecular weight excluding hydrogens is 376 g/mol. The fourth-order valence-corrected chi connectivity index (χ4v) is 2.64. The third-order valence-electron chi connectivity index (χ3n) is 3.96. The van der Waals surface area contributed by atoms with Crippen molar-refractivity contribution in [3.8, 4) is 17.6 Å². The molecule has 156 valence electrons. The van der Waals surface area contributed by atoms with Crippen LogP contribution >= 0.6 is 0 Å². The number of hydrogen-bond acceptors (Lipinski definition) is 7. The van der Waals surface area contributed by atoms with Gasteiger partial charge in [-0.1, -0.05) is 6.07 Å². The summed E-state index contributed by atoms with van der Waals surface area (Å²) in [5, 5.41) is 12.0. The fraction of sp³-hybridized carbons (Fsp3) is 0.476. The van der Waals surface area contributed by atoms with Crippen LogP contribution in [0, 0.1) is 11.3 Å². The number of benzene rings is 1. The molecule has 0 aliphatic carbocycles. The lowest BCUT2D eigenvalue weighted by molar-refractivity contribution is -0.117. The Morgan fingerprint density at radius 1 is 1.34 bits per heavy atom. The second kappa shape index (κ2) is 9.94. The molecule has 1 N–H and O–H groups in total. The van der Waals surface area contributed by atoms with E-state index in [2.05, 4.69) is 5.32 Å². The molecular formula is C21H26N2O6. The highest BCUT2D eigenvalue weighted by Gasteiger charge is 2.20. The Hall–Kier alpha value is -3.05. The van der Waals surface area contributed by atoms with E-state index in [0.717, 1.165) is 12.8 Å². The predicted octanol–water partition coefficient (Wildman–Crippen LogP) is 3.21. The van der Waals surface area contributed by atoms with Crippen molar-refractivity contribution < 1.29 is 28.5 Å². The zero-order valence-electron chi connectivity index (χ0n) is 17.1.